The van der Waals surface area contributed by atoms with Gasteiger partial charge in [0.1, 0.15) is 10.3 Å². The van der Waals surface area contributed by atoms with E-state index >= 15 is 0 Å². The van der Waals surface area contributed by atoms with Gasteiger partial charge in [0, 0.05) is 10.9 Å². The standard InChI is InChI=1S/C19H18N2O2S/c1-3-23-19(22)13(2)24-18-15-11-7-8-12-16(15)20-17(21-18)14-9-5-4-6-10-14/h4-13H,3H2,1-2H3/t13-/m1/s1. The lowest BCUT2D eigenvalue weighted by Crippen LogP contribution is -2.17. The second-order valence-corrected chi connectivity index (χ2v) is 6.58. The fourth-order valence-electron chi connectivity index (χ4n) is 2.33. The molecule has 1 heterocycles. The van der Waals surface area contributed by atoms with Crippen LogP contribution in [0.3, 0.4) is 0 Å². The molecule has 0 fully saturated rings. The Hall–Kier alpha value is -2.40. The lowest BCUT2D eigenvalue weighted by atomic mass is 10.2. The first kappa shape index (κ1) is 16.5. The van der Waals surface area contributed by atoms with Gasteiger partial charge in [-0.3, -0.25) is 4.79 Å². The summed E-state index contributed by atoms with van der Waals surface area (Å²) in [4.78, 5) is 21.3. The summed E-state index contributed by atoms with van der Waals surface area (Å²) in [5.41, 5.74) is 1.82. The number of esters is 1. The summed E-state index contributed by atoms with van der Waals surface area (Å²) in [5, 5.41) is 1.41. The van der Waals surface area contributed by atoms with Crippen molar-refractivity contribution in [2.45, 2.75) is 24.1 Å². The van der Waals surface area contributed by atoms with Crippen molar-refractivity contribution in [2.24, 2.45) is 0 Å². The van der Waals surface area contributed by atoms with E-state index in [1.807, 2.05) is 68.4 Å². The maximum Gasteiger partial charge on any atom is 0.319 e. The van der Waals surface area contributed by atoms with E-state index in [4.69, 9.17) is 9.72 Å². The number of nitrogens with zero attached hydrogens (tertiary/aromatic N) is 2. The van der Waals surface area contributed by atoms with E-state index in [0.717, 1.165) is 21.5 Å². The van der Waals surface area contributed by atoms with Crippen molar-refractivity contribution in [3.8, 4) is 11.4 Å². The first-order valence-electron chi connectivity index (χ1n) is 7.84. The fourth-order valence-corrected chi connectivity index (χ4v) is 3.27. The quantitative estimate of drug-likeness (QED) is 0.393. The Morgan fingerprint density at radius 3 is 2.54 bits per heavy atom. The van der Waals surface area contributed by atoms with Gasteiger partial charge in [-0.15, -0.1) is 0 Å². The first-order valence-corrected chi connectivity index (χ1v) is 8.72. The lowest BCUT2D eigenvalue weighted by Gasteiger charge is -2.12. The van der Waals surface area contributed by atoms with Crippen molar-refractivity contribution in [2.75, 3.05) is 6.61 Å². The van der Waals surface area contributed by atoms with Gasteiger partial charge in [-0.05, 0) is 19.9 Å². The third-order valence-corrected chi connectivity index (χ3v) is 4.59. The van der Waals surface area contributed by atoms with E-state index in [1.54, 1.807) is 0 Å². The molecule has 2 aromatic carbocycles. The number of ether oxygens (including phenoxy) is 1. The highest BCUT2D eigenvalue weighted by Gasteiger charge is 2.19. The highest BCUT2D eigenvalue weighted by molar-refractivity contribution is 8.00. The third kappa shape index (κ3) is 3.57. The van der Waals surface area contributed by atoms with Crippen LogP contribution in [0.4, 0.5) is 0 Å². The van der Waals surface area contributed by atoms with Gasteiger partial charge in [0.2, 0.25) is 0 Å². The Morgan fingerprint density at radius 2 is 1.79 bits per heavy atom. The average molecular weight is 338 g/mol. The number of hydrogen-bond donors (Lipinski definition) is 0. The molecule has 0 N–H and O–H groups in total. The molecule has 0 aliphatic carbocycles. The molecule has 4 nitrogen and oxygen atoms in total. The molecule has 0 aliphatic heterocycles. The summed E-state index contributed by atoms with van der Waals surface area (Å²) in [7, 11) is 0. The van der Waals surface area contributed by atoms with Gasteiger partial charge < -0.3 is 4.74 Å². The maximum absolute atomic E-state index is 12.0. The smallest absolute Gasteiger partial charge is 0.319 e. The average Bonchev–Trinajstić information content (AvgIpc) is 2.62. The third-order valence-electron chi connectivity index (χ3n) is 3.51. The molecule has 1 atom stereocenters. The predicted octanol–water partition coefficient (Wildman–Crippen LogP) is 4.34. The van der Waals surface area contributed by atoms with Crippen molar-refractivity contribution in [1.82, 2.24) is 9.97 Å². The van der Waals surface area contributed by atoms with Crippen LogP contribution >= 0.6 is 11.8 Å². The molecule has 0 bridgehead atoms. The second kappa shape index (κ2) is 7.45. The highest BCUT2D eigenvalue weighted by atomic mass is 32.2. The zero-order valence-corrected chi connectivity index (χ0v) is 14.4. The summed E-state index contributed by atoms with van der Waals surface area (Å²) in [6, 6.07) is 17.7. The Morgan fingerprint density at radius 1 is 1.08 bits per heavy atom. The molecule has 0 unspecified atom stereocenters. The highest BCUT2D eigenvalue weighted by Crippen LogP contribution is 2.31. The van der Waals surface area contributed by atoms with Gasteiger partial charge in [-0.1, -0.05) is 60.3 Å². The lowest BCUT2D eigenvalue weighted by molar-refractivity contribution is -0.142. The van der Waals surface area contributed by atoms with Crippen LogP contribution in [0.25, 0.3) is 22.3 Å². The monoisotopic (exact) mass is 338 g/mol. The van der Waals surface area contributed by atoms with E-state index in [2.05, 4.69) is 4.98 Å². The summed E-state index contributed by atoms with van der Waals surface area (Å²) in [6.45, 7) is 4.02. The van der Waals surface area contributed by atoms with Crippen LogP contribution in [0.15, 0.2) is 59.6 Å². The number of hydrogen-bond acceptors (Lipinski definition) is 5. The van der Waals surface area contributed by atoms with E-state index in [0.29, 0.717) is 12.4 Å². The molecule has 5 heteroatoms. The molecule has 0 amide bonds. The number of thioether (sulfide) groups is 1. The zero-order chi connectivity index (χ0) is 16.9. The summed E-state index contributed by atoms with van der Waals surface area (Å²) in [6.07, 6.45) is 0. The number of fused-ring (bicyclic) bond motifs is 1. The second-order valence-electron chi connectivity index (χ2n) is 5.25. The van der Waals surface area contributed by atoms with Gasteiger partial charge in [-0.25, -0.2) is 9.97 Å². The molecule has 0 spiro atoms. The van der Waals surface area contributed by atoms with Crippen LogP contribution in [0.5, 0.6) is 0 Å². The number of benzene rings is 2. The number of para-hydroxylation sites is 1. The van der Waals surface area contributed by atoms with Crippen LogP contribution in [0.2, 0.25) is 0 Å². The van der Waals surface area contributed by atoms with E-state index in [-0.39, 0.29) is 11.2 Å². The number of carbonyl (C=O) groups excluding carboxylic acids is 1. The SMILES string of the molecule is CCOC(=O)[C@@H](C)Sc1nc(-c2ccccc2)nc2ccccc12. The number of rotatable bonds is 5. The molecule has 0 saturated heterocycles. The van der Waals surface area contributed by atoms with Crippen molar-refractivity contribution >= 4 is 28.6 Å². The molecule has 1 aromatic heterocycles. The molecule has 24 heavy (non-hydrogen) atoms. The topological polar surface area (TPSA) is 52.1 Å². The normalized spacial score (nSPS) is 12.1. The van der Waals surface area contributed by atoms with Crippen LogP contribution in [-0.4, -0.2) is 27.8 Å². The Bertz CT molecular complexity index is 852. The Balaban J connectivity index is 2.03. The zero-order valence-electron chi connectivity index (χ0n) is 13.6. The van der Waals surface area contributed by atoms with Crippen molar-refractivity contribution in [1.29, 1.82) is 0 Å². The van der Waals surface area contributed by atoms with Gasteiger partial charge in [0.05, 0.1) is 12.1 Å². The fraction of sp³-hybridized carbons (Fsp3) is 0.211. The van der Waals surface area contributed by atoms with Gasteiger partial charge in [0.15, 0.2) is 5.82 Å². The minimum Gasteiger partial charge on any atom is -0.465 e. The van der Waals surface area contributed by atoms with Crippen molar-refractivity contribution in [3.63, 3.8) is 0 Å². The Kier molecular flexibility index (Phi) is 5.11. The van der Waals surface area contributed by atoms with Crippen LogP contribution < -0.4 is 0 Å². The first-order chi connectivity index (χ1) is 11.7. The minimum atomic E-state index is -0.327. The molecule has 0 radical (unpaired) electrons. The maximum atomic E-state index is 12.0. The van der Waals surface area contributed by atoms with Crippen molar-refractivity contribution < 1.29 is 9.53 Å². The molecule has 3 rings (SSSR count). The largest absolute Gasteiger partial charge is 0.465 e. The molecule has 3 aromatic rings. The summed E-state index contributed by atoms with van der Waals surface area (Å²) < 4.78 is 5.10. The molecule has 0 aliphatic rings. The van der Waals surface area contributed by atoms with E-state index in [9.17, 15) is 4.79 Å². The molecule has 0 saturated carbocycles. The van der Waals surface area contributed by atoms with Gasteiger partial charge >= 0.3 is 5.97 Å². The van der Waals surface area contributed by atoms with Crippen LogP contribution in [0.1, 0.15) is 13.8 Å². The minimum absolute atomic E-state index is 0.230. The van der Waals surface area contributed by atoms with Crippen LogP contribution in [0, 0.1) is 0 Å². The number of carbonyl (C=O) groups is 1. The van der Waals surface area contributed by atoms with E-state index in [1.165, 1.54) is 11.8 Å². The summed E-state index contributed by atoms with van der Waals surface area (Å²) in [5.74, 6) is 0.430. The summed E-state index contributed by atoms with van der Waals surface area (Å²) >= 11 is 1.40. The van der Waals surface area contributed by atoms with Gasteiger partial charge in [0.25, 0.3) is 0 Å². The van der Waals surface area contributed by atoms with Gasteiger partial charge in [-0.2, -0.15) is 0 Å². The van der Waals surface area contributed by atoms with Crippen molar-refractivity contribution in [3.05, 3.63) is 54.6 Å². The predicted molar refractivity (Wildman–Crippen MR) is 96.9 cm³/mol. The Labute approximate surface area is 145 Å². The van der Waals surface area contributed by atoms with E-state index < -0.39 is 0 Å². The molecular formula is C19H18N2O2S. The van der Waals surface area contributed by atoms with Crippen LogP contribution in [-0.2, 0) is 9.53 Å². The molecule has 122 valence electrons. The molecular weight excluding hydrogens is 320 g/mol. The number of aromatic nitrogens is 2.